The molecule has 12 rings (SSSR count). The fourth-order valence-corrected chi connectivity index (χ4v) is 9.60. The minimum absolute atomic E-state index is 0. The van der Waals surface area contributed by atoms with Crippen LogP contribution in [0, 0.1) is 18.8 Å². The minimum atomic E-state index is -0.0831. The van der Waals surface area contributed by atoms with Crippen LogP contribution in [0.2, 0.25) is 0 Å². The Kier molecular flexibility index (Phi) is 10.9. The Morgan fingerprint density at radius 3 is 1.96 bits per heavy atom. The zero-order valence-electron chi connectivity index (χ0n) is 39.3. The number of furan rings is 1. The summed E-state index contributed by atoms with van der Waals surface area (Å²) >= 11 is 0. The summed E-state index contributed by atoms with van der Waals surface area (Å²) in [5.74, 6) is 1.92. The largest absolute Gasteiger partial charge is 0.509 e. The number of pyridine rings is 1. The van der Waals surface area contributed by atoms with Crippen molar-refractivity contribution >= 4 is 66.5 Å². The molecule has 0 fully saturated rings. The molecule has 0 unspecified atom stereocenters. The maximum Gasteiger partial charge on any atom is 0.136 e. The van der Waals surface area contributed by atoms with Gasteiger partial charge >= 0.3 is 0 Å². The number of rotatable bonds is 7. The molecule has 0 bridgehead atoms. The smallest absolute Gasteiger partial charge is 0.136 e. The summed E-state index contributed by atoms with van der Waals surface area (Å²) in [5.41, 5.74) is 14.4. The van der Waals surface area contributed by atoms with Crippen molar-refractivity contribution in [1.82, 2.24) is 9.55 Å². The van der Waals surface area contributed by atoms with Crippen molar-refractivity contribution < 1.29 is 30.2 Å². The van der Waals surface area contributed by atoms with E-state index in [1.54, 1.807) is 0 Å². The predicted molar refractivity (Wildman–Crippen MR) is 280 cm³/mol. The Morgan fingerprint density at radius 1 is 0.551 bits per heavy atom. The van der Waals surface area contributed by atoms with Crippen molar-refractivity contribution in [3.05, 3.63) is 212 Å². The average molecular weight is 1080 g/mol. The molecule has 1 aliphatic heterocycles. The van der Waals surface area contributed by atoms with Gasteiger partial charge in [0.05, 0.1) is 10.9 Å². The third-order valence-corrected chi connectivity index (χ3v) is 13.2. The molecule has 4 heterocycles. The van der Waals surface area contributed by atoms with Gasteiger partial charge < -0.3 is 23.5 Å². The standard InChI is InChI=1S/C62H49N4O2.Pt/c1-61(2,3)45-25-28-53-55(35-45)65(48-33-43(40-16-9-7-10-17-40)32-44(34-48)41-18-11-8-12-19-41)39-64(53)47-21-15-22-49(37-47)67-50-26-27-52-54(38-50)66(57-36-46(30-31-63-57)62(4,5)6)59-58-51-23-14-13-20-42(51)24-29-56(58)68-60(52)59;/h7-36,39H,1-6H3;/q-3;. The van der Waals surface area contributed by atoms with Crippen molar-refractivity contribution in [1.29, 1.82) is 0 Å². The first-order chi connectivity index (χ1) is 32.9. The molecule has 6 nitrogen and oxygen atoms in total. The van der Waals surface area contributed by atoms with E-state index in [4.69, 9.17) is 14.1 Å². The van der Waals surface area contributed by atoms with Crippen molar-refractivity contribution in [2.45, 2.75) is 52.4 Å². The number of anilines is 4. The third-order valence-electron chi connectivity index (χ3n) is 13.2. The molecule has 0 aliphatic carbocycles. The van der Waals surface area contributed by atoms with Crippen LogP contribution < -0.4 is 14.5 Å². The van der Waals surface area contributed by atoms with E-state index < -0.39 is 0 Å². The SMILES string of the molecule is CC(C)(C)c1ccnc(-n2c3[c-]c(Oc4[c-]c(N5[CH-]N(c6cc(-c7ccccc7)cc(-c7ccccc7)c6)c6cc(C(C)(C)C)ccc65)ccc4)ccc3c3oc4ccc5ccccc5c4c32)c1.[Pt]. The van der Waals surface area contributed by atoms with Crippen LogP contribution in [0.15, 0.2) is 187 Å². The molecule has 69 heavy (non-hydrogen) atoms. The Morgan fingerprint density at radius 2 is 1.23 bits per heavy atom. The number of ether oxygens (including phenoxy) is 1. The van der Waals surface area contributed by atoms with Gasteiger partial charge in [-0.25, -0.2) is 4.98 Å². The van der Waals surface area contributed by atoms with Gasteiger partial charge in [0.15, 0.2) is 0 Å². The van der Waals surface area contributed by atoms with Crippen molar-refractivity contribution in [3.8, 4) is 39.6 Å². The van der Waals surface area contributed by atoms with Gasteiger partial charge in [-0.05, 0) is 104 Å². The topological polar surface area (TPSA) is 46.7 Å². The summed E-state index contributed by atoms with van der Waals surface area (Å²) < 4.78 is 15.7. The number of nitrogens with zero attached hydrogens (tertiary/aromatic N) is 4. The third kappa shape index (κ3) is 7.87. The quantitative estimate of drug-likeness (QED) is 0.149. The molecule has 0 spiro atoms. The fraction of sp³-hybridized carbons (Fsp3) is 0.129. The van der Waals surface area contributed by atoms with E-state index in [-0.39, 0.29) is 31.9 Å². The summed E-state index contributed by atoms with van der Waals surface area (Å²) in [4.78, 5) is 9.50. The zero-order valence-corrected chi connectivity index (χ0v) is 41.6. The second-order valence-corrected chi connectivity index (χ2v) is 19.8. The number of benzene rings is 8. The average Bonchev–Trinajstić information content (AvgIpc) is 4.03. The summed E-state index contributed by atoms with van der Waals surface area (Å²) in [6.07, 6.45) is 1.90. The van der Waals surface area contributed by atoms with E-state index in [9.17, 15) is 0 Å². The van der Waals surface area contributed by atoms with Crippen LogP contribution in [0.25, 0.3) is 71.8 Å². The second-order valence-electron chi connectivity index (χ2n) is 19.8. The minimum Gasteiger partial charge on any atom is -0.509 e. The Balaban J connectivity index is 0.00000520. The molecule has 0 atom stereocenters. The normalized spacial score (nSPS) is 12.8. The number of hydrogen-bond donors (Lipinski definition) is 0. The van der Waals surface area contributed by atoms with E-state index in [0.717, 1.165) is 94.6 Å². The molecule has 0 saturated heterocycles. The Labute approximate surface area is 417 Å². The van der Waals surface area contributed by atoms with Crippen LogP contribution in [0.1, 0.15) is 52.7 Å². The molecule has 8 aromatic carbocycles. The summed E-state index contributed by atoms with van der Waals surface area (Å²) in [6.45, 7) is 15.6. The molecular formula is C62H49N4O2Pt-3. The Bertz CT molecular complexity index is 3670. The summed E-state index contributed by atoms with van der Waals surface area (Å²) in [7, 11) is 0. The van der Waals surface area contributed by atoms with Crippen molar-refractivity contribution in [2.75, 3.05) is 9.80 Å². The molecule has 0 N–H and O–H groups in total. The maximum atomic E-state index is 6.75. The van der Waals surface area contributed by atoms with Gasteiger partial charge in [-0.1, -0.05) is 150 Å². The van der Waals surface area contributed by atoms with Crippen molar-refractivity contribution in [2.24, 2.45) is 0 Å². The van der Waals surface area contributed by atoms with Crippen LogP contribution in [0.4, 0.5) is 22.7 Å². The van der Waals surface area contributed by atoms with E-state index in [0.29, 0.717) is 11.5 Å². The van der Waals surface area contributed by atoms with Gasteiger partial charge in [0.2, 0.25) is 0 Å². The summed E-state index contributed by atoms with van der Waals surface area (Å²) in [6, 6.07) is 69.2. The molecule has 0 radical (unpaired) electrons. The van der Waals surface area contributed by atoms with Crippen LogP contribution in [-0.4, -0.2) is 9.55 Å². The molecule has 1 aliphatic rings. The van der Waals surface area contributed by atoms with E-state index in [1.807, 2.05) is 24.4 Å². The molecule has 11 aromatic rings. The first-order valence-electron chi connectivity index (χ1n) is 23.3. The van der Waals surface area contributed by atoms with E-state index >= 15 is 0 Å². The maximum absolute atomic E-state index is 6.75. The van der Waals surface area contributed by atoms with Crippen LogP contribution in [0.5, 0.6) is 11.5 Å². The van der Waals surface area contributed by atoms with Gasteiger partial charge in [0.25, 0.3) is 0 Å². The van der Waals surface area contributed by atoms with Crippen LogP contribution in [-0.2, 0) is 31.9 Å². The van der Waals surface area contributed by atoms with E-state index in [2.05, 4.69) is 232 Å². The van der Waals surface area contributed by atoms with Crippen molar-refractivity contribution in [3.63, 3.8) is 0 Å². The number of aromatic nitrogens is 2. The monoisotopic (exact) mass is 1080 g/mol. The first-order valence-corrected chi connectivity index (χ1v) is 23.3. The van der Waals surface area contributed by atoms with Gasteiger partial charge in [0.1, 0.15) is 17.0 Å². The van der Waals surface area contributed by atoms with Gasteiger partial charge in [-0.15, -0.1) is 42.7 Å². The zero-order chi connectivity index (χ0) is 46.3. The van der Waals surface area contributed by atoms with Crippen LogP contribution >= 0.6 is 0 Å². The molecule has 0 amide bonds. The first kappa shape index (κ1) is 44.1. The van der Waals surface area contributed by atoms with Crippen LogP contribution in [0.3, 0.4) is 0 Å². The molecule has 7 heteroatoms. The Hall–Kier alpha value is -7.40. The van der Waals surface area contributed by atoms with Gasteiger partial charge in [0, 0.05) is 55.8 Å². The fourth-order valence-electron chi connectivity index (χ4n) is 9.60. The molecule has 0 saturated carbocycles. The summed E-state index contributed by atoms with van der Waals surface area (Å²) in [5, 5.41) is 4.24. The molecule has 3 aromatic heterocycles. The van der Waals surface area contributed by atoms with E-state index in [1.165, 1.54) is 11.1 Å². The second kappa shape index (κ2) is 17.0. The number of fused-ring (bicyclic) bond motifs is 8. The van der Waals surface area contributed by atoms with Gasteiger partial charge in [-0.2, -0.15) is 12.1 Å². The molecule has 342 valence electrons. The molecular weight excluding hydrogens is 1030 g/mol. The number of hydrogen-bond acceptors (Lipinski definition) is 5. The van der Waals surface area contributed by atoms with Gasteiger partial charge in [-0.3, -0.25) is 0 Å². The predicted octanol–water partition coefficient (Wildman–Crippen LogP) is 16.8.